The number of nitrogens with zero attached hydrogens (tertiary/aromatic N) is 1. The first-order valence-corrected chi connectivity index (χ1v) is 8.07. The Morgan fingerprint density at radius 3 is 2.62 bits per heavy atom. The molecular formula is C14H13IN2O3S. The minimum Gasteiger partial charge on any atom is -0.481 e. The molecule has 110 valence electrons. The first-order valence-electron chi connectivity index (χ1n) is 6.11. The van der Waals surface area contributed by atoms with E-state index in [1.54, 1.807) is 35.7 Å². The standard InChI is InChI=1S/C14H13IN2O3S/c15-12-7-9(8-21-12)14(20)17(6-5-13(18)19)11-4-2-1-3-10(11)16/h1-4,7-8H,5-6,16H2,(H,18,19). The van der Waals surface area contributed by atoms with E-state index in [1.807, 2.05) is 0 Å². The van der Waals surface area contributed by atoms with Crippen molar-refractivity contribution in [3.05, 3.63) is 44.2 Å². The number of thiophene rings is 1. The number of amides is 1. The van der Waals surface area contributed by atoms with E-state index in [4.69, 9.17) is 10.8 Å². The Bertz CT molecular complexity index is 672. The Hall–Kier alpha value is -1.61. The number of halogens is 1. The number of nitrogen functional groups attached to an aromatic ring is 1. The highest BCUT2D eigenvalue weighted by molar-refractivity contribution is 14.1. The summed E-state index contributed by atoms with van der Waals surface area (Å²) in [6.45, 7) is 0.0782. The number of nitrogens with two attached hydrogens (primary N) is 1. The minimum absolute atomic E-state index is 0.0782. The number of para-hydroxylation sites is 2. The van der Waals surface area contributed by atoms with Gasteiger partial charge in [-0.3, -0.25) is 9.59 Å². The zero-order valence-corrected chi connectivity index (χ0v) is 13.9. The fraction of sp³-hybridized carbons (Fsp3) is 0.143. The molecule has 0 fully saturated rings. The lowest BCUT2D eigenvalue weighted by molar-refractivity contribution is -0.136. The number of aliphatic carboxylic acids is 1. The van der Waals surface area contributed by atoms with Crippen molar-refractivity contribution in [2.24, 2.45) is 0 Å². The topological polar surface area (TPSA) is 83.6 Å². The molecule has 0 aliphatic heterocycles. The molecular weight excluding hydrogens is 403 g/mol. The lowest BCUT2D eigenvalue weighted by Crippen LogP contribution is -2.33. The summed E-state index contributed by atoms with van der Waals surface area (Å²) in [5, 5.41) is 10.6. The molecule has 0 aliphatic rings. The molecule has 2 rings (SSSR count). The van der Waals surface area contributed by atoms with Crippen molar-refractivity contribution in [3.8, 4) is 0 Å². The second-order valence-corrected chi connectivity index (χ2v) is 7.10. The van der Waals surface area contributed by atoms with Gasteiger partial charge in [-0.2, -0.15) is 0 Å². The molecule has 2 aromatic rings. The van der Waals surface area contributed by atoms with Crippen molar-refractivity contribution in [1.29, 1.82) is 0 Å². The molecule has 0 unspecified atom stereocenters. The lowest BCUT2D eigenvalue weighted by Gasteiger charge is -2.23. The zero-order chi connectivity index (χ0) is 15.4. The number of hydrogen-bond acceptors (Lipinski definition) is 4. The van der Waals surface area contributed by atoms with Gasteiger partial charge in [-0.25, -0.2) is 0 Å². The maximum atomic E-state index is 12.6. The second kappa shape index (κ2) is 6.90. The first-order chi connectivity index (χ1) is 9.99. The third-order valence-corrected chi connectivity index (χ3v) is 4.63. The van der Waals surface area contributed by atoms with Crippen molar-refractivity contribution in [2.45, 2.75) is 6.42 Å². The van der Waals surface area contributed by atoms with Gasteiger partial charge in [-0.15, -0.1) is 11.3 Å². The van der Waals surface area contributed by atoms with Crippen LogP contribution in [0.25, 0.3) is 0 Å². The fourth-order valence-corrected chi connectivity index (χ4v) is 3.17. The summed E-state index contributed by atoms with van der Waals surface area (Å²) >= 11 is 3.61. The van der Waals surface area contributed by atoms with E-state index in [0.29, 0.717) is 16.9 Å². The van der Waals surface area contributed by atoms with Gasteiger partial charge < -0.3 is 15.7 Å². The summed E-state index contributed by atoms with van der Waals surface area (Å²) in [5.41, 5.74) is 7.43. The van der Waals surface area contributed by atoms with Gasteiger partial charge in [0, 0.05) is 11.9 Å². The summed E-state index contributed by atoms with van der Waals surface area (Å²) in [4.78, 5) is 24.8. The van der Waals surface area contributed by atoms with E-state index < -0.39 is 5.97 Å². The number of benzene rings is 1. The van der Waals surface area contributed by atoms with Gasteiger partial charge in [0.1, 0.15) is 0 Å². The number of hydrogen-bond donors (Lipinski definition) is 2. The van der Waals surface area contributed by atoms with E-state index in [0.717, 1.165) is 2.88 Å². The highest BCUT2D eigenvalue weighted by atomic mass is 127. The Kier molecular flexibility index (Phi) is 5.18. The highest BCUT2D eigenvalue weighted by Gasteiger charge is 2.21. The van der Waals surface area contributed by atoms with Gasteiger partial charge in [0.25, 0.3) is 5.91 Å². The van der Waals surface area contributed by atoms with E-state index in [-0.39, 0.29) is 18.9 Å². The maximum absolute atomic E-state index is 12.6. The van der Waals surface area contributed by atoms with Gasteiger partial charge in [0.15, 0.2) is 0 Å². The summed E-state index contributed by atoms with van der Waals surface area (Å²) in [7, 11) is 0. The predicted molar refractivity (Wildman–Crippen MR) is 91.8 cm³/mol. The van der Waals surface area contributed by atoms with Crippen LogP contribution in [-0.4, -0.2) is 23.5 Å². The summed E-state index contributed by atoms with van der Waals surface area (Å²) in [5.74, 6) is -1.20. The minimum atomic E-state index is -0.956. The van der Waals surface area contributed by atoms with Gasteiger partial charge >= 0.3 is 5.97 Å². The van der Waals surface area contributed by atoms with Gasteiger partial charge in [0.2, 0.25) is 0 Å². The maximum Gasteiger partial charge on any atom is 0.305 e. The van der Waals surface area contributed by atoms with Crippen molar-refractivity contribution in [3.63, 3.8) is 0 Å². The average molecular weight is 416 g/mol. The SMILES string of the molecule is Nc1ccccc1N(CCC(=O)O)C(=O)c1csc(I)c1. The first kappa shape index (κ1) is 15.8. The van der Waals surface area contributed by atoms with Gasteiger partial charge in [-0.05, 0) is 40.8 Å². The monoisotopic (exact) mass is 416 g/mol. The molecule has 0 radical (unpaired) electrons. The molecule has 1 amide bonds. The fourth-order valence-electron chi connectivity index (χ4n) is 1.85. The third-order valence-electron chi connectivity index (χ3n) is 2.84. The normalized spacial score (nSPS) is 10.3. The molecule has 7 heteroatoms. The highest BCUT2D eigenvalue weighted by Crippen LogP contribution is 2.26. The van der Waals surface area contributed by atoms with Crippen LogP contribution < -0.4 is 10.6 Å². The largest absolute Gasteiger partial charge is 0.481 e. The zero-order valence-electron chi connectivity index (χ0n) is 11.0. The molecule has 0 saturated carbocycles. The van der Waals surface area contributed by atoms with Crippen LogP contribution in [0.3, 0.4) is 0 Å². The van der Waals surface area contributed by atoms with Crippen molar-refractivity contribution in [1.82, 2.24) is 0 Å². The van der Waals surface area contributed by atoms with Crippen LogP contribution in [0, 0.1) is 2.88 Å². The summed E-state index contributed by atoms with van der Waals surface area (Å²) in [6.07, 6.45) is -0.138. The lowest BCUT2D eigenvalue weighted by atomic mass is 10.2. The molecule has 1 heterocycles. The van der Waals surface area contributed by atoms with Crippen LogP contribution >= 0.6 is 33.9 Å². The number of rotatable bonds is 5. The number of carboxylic acid groups (broad SMARTS) is 1. The van der Waals surface area contributed by atoms with Crippen molar-refractivity contribution in [2.75, 3.05) is 17.2 Å². The smallest absolute Gasteiger partial charge is 0.305 e. The van der Waals surface area contributed by atoms with Crippen molar-refractivity contribution < 1.29 is 14.7 Å². The molecule has 1 aromatic carbocycles. The Morgan fingerprint density at radius 2 is 2.05 bits per heavy atom. The van der Waals surface area contributed by atoms with E-state index in [9.17, 15) is 9.59 Å². The van der Waals surface area contributed by atoms with E-state index in [2.05, 4.69) is 22.6 Å². The van der Waals surface area contributed by atoms with Gasteiger partial charge in [0.05, 0.1) is 26.2 Å². The molecule has 0 saturated heterocycles. The molecule has 3 N–H and O–H groups in total. The molecule has 5 nitrogen and oxygen atoms in total. The van der Waals surface area contributed by atoms with Crippen LogP contribution in [0.1, 0.15) is 16.8 Å². The van der Waals surface area contributed by atoms with Crippen LogP contribution in [0.2, 0.25) is 0 Å². The Balaban J connectivity index is 2.34. The third kappa shape index (κ3) is 3.94. The Labute approximate surface area is 139 Å². The number of carbonyl (C=O) groups is 2. The molecule has 0 bridgehead atoms. The van der Waals surface area contributed by atoms with Crippen LogP contribution in [-0.2, 0) is 4.79 Å². The quantitative estimate of drug-likeness (QED) is 0.580. The molecule has 0 atom stereocenters. The Morgan fingerprint density at radius 1 is 1.33 bits per heavy atom. The summed E-state index contributed by atoms with van der Waals surface area (Å²) in [6, 6.07) is 8.72. The predicted octanol–water partition coefficient (Wildman–Crippen LogP) is 3.06. The molecule has 1 aromatic heterocycles. The molecule has 21 heavy (non-hydrogen) atoms. The number of carbonyl (C=O) groups excluding carboxylic acids is 1. The molecule has 0 aliphatic carbocycles. The van der Waals surface area contributed by atoms with Crippen LogP contribution in [0.4, 0.5) is 11.4 Å². The second-order valence-electron chi connectivity index (χ2n) is 4.30. The molecule has 0 spiro atoms. The van der Waals surface area contributed by atoms with Crippen molar-refractivity contribution >= 4 is 57.2 Å². The van der Waals surface area contributed by atoms with Crippen LogP contribution in [0.5, 0.6) is 0 Å². The van der Waals surface area contributed by atoms with E-state index >= 15 is 0 Å². The average Bonchev–Trinajstić information content (AvgIpc) is 2.87. The number of anilines is 2. The van der Waals surface area contributed by atoms with Crippen LogP contribution in [0.15, 0.2) is 35.7 Å². The van der Waals surface area contributed by atoms with Gasteiger partial charge in [-0.1, -0.05) is 12.1 Å². The van der Waals surface area contributed by atoms with E-state index in [1.165, 1.54) is 16.2 Å². The number of carboxylic acids is 1. The summed E-state index contributed by atoms with van der Waals surface area (Å²) < 4.78 is 0.996.